The SMILES string of the molecule is OC(CSC1CCCCC1)C1CCC1. The predicted octanol–water partition coefficient (Wildman–Crippen LogP) is 3.21. The van der Waals surface area contributed by atoms with Crippen LogP contribution >= 0.6 is 11.8 Å². The van der Waals surface area contributed by atoms with E-state index in [0.29, 0.717) is 5.92 Å². The fraction of sp³-hybridized carbons (Fsp3) is 1.00. The highest BCUT2D eigenvalue weighted by atomic mass is 32.2. The maximum Gasteiger partial charge on any atom is 0.0658 e. The van der Waals surface area contributed by atoms with Crippen molar-refractivity contribution in [3.8, 4) is 0 Å². The number of hydrogen-bond acceptors (Lipinski definition) is 2. The van der Waals surface area contributed by atoms with Crippen LogP contribution in [0.1, 0.15) is 51.4 Å². The van der Waals surface area contributed by atoms with Gasteiger partial charge in [0, 0.05) is 11.0 Å². The van der Waals surface area contributed by atoms with Gasteiger partial charge in [-0.05, 0) is 31.6 Å². The molecule has 1 nitrogen and oxygen atoms in total. The van der Waals surface area contributed by atoms with Crippen molar-refractivity contribution in [2.45, 2.75) is 62.7 Å². The molecule has 2 rings (SSSR count). The molecule has 0 radical (unpaired) electrons. The van der Waals surface area contributed by atoms with Crippen molar-refractivity contribution < 1.29 is 5.11 Å². The molecule has 0 saturated heterocycles. The van der Waals surface area contributed by atoms with Gasteiger partial charge in [-0.25, -0.2) is 0 Å². The first-order chi connectivity index (χ1) is 6.86. The zero-order valence-electron chi connectivity index (χ0n) is 8.95. The van der Waals surface area contributed by atoms with Crippen LogP contribution in [0.2, 0.25) is 0 Å². The Labute approximate surface area is 91.7 Å². The largest absolute Gasteiger partial charge is 0.392 e. The molecule has 1 unspecified atom stereocenters. The number of aliphatic hydroxyl groups excluding tert-OH is 1. The lowest BCUT2D eigenvalue weighted by Crippen LogP contribution is -2.29. The van der Waals surface area contributed by atoms with Gasteiger partial charge in [-0.3, -0.25) is 0 Å². The first-order valence-corrected chi connectivity index (χ1v) is 7.21. The maximum atomic E-state index is 9.88. The van der Waals surface area contributed by atoms with Crippen LogP contribution in [0.25, 0.3) is 0 Å². The molecule has 0 heterocycles. The Morgan fingerprint density at radius 3 is 2.29 bits per heavy atom. The number of rotatable bonds is 4. The Hall–Kier alpha value is 0.310. The van der Waals surface area contributed by atoms with Crippen molar-refractivity contribution >= 4 is 11.8 Å². The van der Waals surface area contributed by atoms with Gasteiger partial charge in [0.2, 0.25) is 0 Å². The second-order valence-corrected chi connectivity index (χ2v) is 6.19. The minimum absolute atomic E-state index is 0.00400. The highest BCUT2D eigenvalue weighted by Crippen LogP contribution is 2.34. The molecule has 2 aliphatic carbocycles. The Bertz CT molecular complexity index is 160. The van der Waals surface area contributed by atoms with Crippen LogP contribution in [-0.2, 0) is 0 Å². The van der Waals surface area contributed by atoms with Crippen LogP contribution in [-0.4, -0.2) is 22.2 Å². The Balaban J connectivity index is 1.60. The summed E-state index contributed by atoms with van der Waals surface area (Å²) in [6.07, 6.45) is 10.9. The summed E-state index contributed by atoms with van der Waals surface area (Å²) >= 11 is 2.03. The van der Waals surface area contributed by atoms with Crippen LogP contribution < -0.4 is 0 Å². The molecule has 0 bridgehead atoms. The third-order valence-electron chi connectivity index (χ3n) is 3.75. The summed E-state index contributed by atoms with van der Waals surface area (Å²) in [5, 5.41) is 10.7. The summed E-state index contributed by atoms with van der Waals surface area (Å²) < 4.78 is 0. The topological polar surface area (TPSA) is 20.2 Å². The van der Waals surface area contributed by atoms with Gasteiger partial charge in [0.05, 0.1) is 6.10 Å². The van der Waals surface area contributed by atoms with Crippen LogP contribution in [0.3, 0.4) is 0 Å². The molecule has 0 aliphatic heterocycles. The zero-order chi connectivity index (χ0) is 9.80. The summed E-state index contributed by atoms with van der Waals surface area (Å²) in [6.45, 7) is 0. The van der Waals surface area contributed by atoms with E-state index >= 15 is 0 Å². The molecule has 0 aromatic heterocycles. The molecular weight excluding hydrogens is 192 g/mol. The first kappa shape index (κ1) is 10.8. The minimum Gasteiger partial charge on any atom is -0.392 e. The van der Waals surface area contributed by atoms with Gasteiger partial charge in [0.25, 0.3) is 0 Å². The number of thioether (sulfide) groups is 1. The maximum absolute atomic E-state index is 9.88. The molecule has 0 spiro atoms. The average Bonchev–Trinajstić information content (AvgIpc) is 2.14. The average molecular weight is 214 g/mol. The summed E-state index contributed by atoms with van der Waals surface area (Å²) in [6, 6.07) is 0. The third kappa shape index (κ3) is 2.90. The smallest absolute Gasteiger partial charge is 0.0658 e. The molecule has 0 aromatic carbocycles. The standard InChI is InChI=1S/C12H22OS/c13-12(10-5-4-6-10)9-14-11-7-2-1-3-8-11/h10-13H,1-9H2. The normalized spacial score (nSPS) is 27.2. The molecular formula is C12H22OS. The highest BCUT2D eigenvalue weighted by molar-refractivity contribution is 7.99. The van der Waals surface area contributed by atoms with Crippen LogP contribution in [0.5, 0.6) is 0 Å². The van der Waals surface area contributed by atoms with Crippen LogP contribution in [0, 0.1) is 5.92 Å². The molecule has 2 aliphatic rings. The molecule has 2 heteroatoms. The monoisotopic (exact) mass is 214 g/mol. The Morgan fingerprint density at radius 1 is 1.00 bits per heavy atom. The van der Waals surface area contributed by atoms with Crippen LogP contribution in [0.15, 0.2) is 0 Å². The molecule has 82 valence electrons. The van der Waals surface area contributed by atoms with E-state index in [1.165, 1.54) is 51.4 Å². The van der Waals surface area contributed by atoms with Gasteiger partial charge >= 0.3 is 0 Å². The van der Waals surface area contributed by atoms with E-state index in [4.69, 9.17) is 0 Å². The van der Waals surface area contributed by atoms with Gasteiger partial charge in [0.15, 0.2) is 0 Å². The van der Waals surface area contributed by atoms with Gasteiger partial charge in [0.1, 0.15) is 0 Å². The molecule has 14 heavy (non-hydrogen) atoms. The van der Waals surface area contributed by atoms with Crippen molar-refractivity contribution in [3.05, 3.63) is 0 Å². The van der Waals surface area contributed by atoms with Crippen molar-refractivity contribution in [2.24, 2.45) is 5.92 Å². The second-order valence-electron chi connectivity index (χ2n) is 4.85. The van der Waals surface area contributed by atoms with E-state index in [9.17, 15) is 5.11 Å². The summed E-state index contributed by atoms with van der Waals surface area (Å²) in [5.74, 6) is 1.64. The molecule has 2 fully saturated rings. The zero-order valence-corrected chi connectivity index (χ0v) is 9.77. The summed E-state index contributed by atoms with van der Waals surface area (Å²) in [4.78, 5) is 0. The van der Waals surface area contributed by atoms with Crippen LogP contribution in [0.4, 0.5) is 0 Å². The lowest BCUT2D eigenvalue weighted by atomic mass is 9.82. The van der Waals surface area contributed by atoms with Gasteiger partial charge in [-0.2, -0.15) is 11.8 Å². The van der Waals surface area contributed by atoms with E-state index in [-0.39, 0.29) is 6.10 Å². The quantitative estimate of drug-likeness (QED) is 0.775. The molecule has 1 N–H and O–H groups in total. The lowest BCUT2D eigenvalue weighted by Gasteiger charge is -2.31. The Morgan fingerprint density at radius 2 is 1.71 bits per heavy atom. The van der Waals surface area contributed by atoms with E-state index < -0.39 is 0 Å². The van der Waals surface area contributed by atoms with Crippen molar-refractivity contribution in [1.82, 2.24) is 0 Å². The van der Waals surface area contributed by atoms with Gasteiger partial charge < -0.3 is 5.11 Å². The Kier molecular flexibility index (Phi) is 4.18. The molecule has 0 aromatic rings. The highest BCUT2D eigenvalue weighted by Gasteiger charge is 2.26. The van der Waals surface area contributed by atoms with Crippen molar-refractivity contribution in [3.63, 3.8) is 0 Å². The minimum atomic E-state index is -0.00400. The van der Waals surface area contributed by atoms with E-state index in [1.54, 1.807) is 0 Å². The van der Waals surface area contributed by atoms with Gasteiger partial charge in [-0.15, -0.1) is 0 Å². The third-order valence-corrected chi connectivity index (χ3v) is 5.23. The molecule has 2 saturated carbocycles. The fourth-order valence-electron chi connectivity index (χ4n) is 2.43. The van der Waals surface area contributed by atoms with Crippen molar-refractivity contribution in [2.75, 3.05) is 5.75 Å². The van der Waals surface area contributed by atoms with Gasteiger partial charge in [-0.1, -0.05) is 25.7 Å². The lowest BCUT2D eigenvalue weighted by molar-refractivity contribution is 0.0816. The molecule has 0 amide bonds. The summed E-state index contributed by atoms with van der Waals surface area (Å²) in [5.41, 5.74) is 0. The number of aliphatic hydroxyl groups is 1. The number of hydrogen-bond donors (Lipinski definition) is 1. The fourth-order valence-corrected chi connectivity index (χ4v) is 3.84. The van der Waals surface area contributed by atoms with E-state index in [1.807, 2.05) is 11.8 Å². The predicted molar refractivity (Wildman–Crippen MR) is 62.7 cm³/mol. The molecule has 1 atom stereocenters. The second kappa shape index (κ2) is 5.41. The van der Waals surface area contributed by atoms with E-state index in [0.717, 1.165) is 11.0 Å². The van der Waals surface area contributed by atoms with E-state index in [2.05, 4.69) is 0 Å². The van der Waals surface area contributed by atoms with Crippen molar-refractivity contribution in [1.29, 1.82) is 0 Å². The first-order valence-electron chi connectivity index (χ1n) is 6.16. The summed E-state index contributed by atoms with van der Waals surface area (Å²) in [7, 11) is 0.